The zero-order chi connectivity index (χ0) is 22.1. The molecule has 1 atom stereocenters. The molecule has 0 aliphatic carbocycles. The lowest BCUT2D eigenvalue weighted by molar-refractivity contribution is -0.885. The number of carbonyl (C=O) groups excluding carboxylic acids is 1. The van der Waals surface area contributed by atoms with Gasteiger partial charge >= 0.3 is 0 Å². The van der Waals surface area contributed by atoms with E-state index in [1.165, 1.54) is 0 Å². The Hall–Kier alpha value is -3.82. The van der Waals surface area contributed by atoms with Crippen molar-refractivity contribution in [3.8, 4) is 17.6 Å². The summed E-state index contributed by atoms with van der Waals surface area (Å²) >= 11 is 0. The Morgan fingerprint density at radius 2 is 1.74 bits per heavy atom. The number of hydrogen-bond donors (Lipinski definition) is 2. The summed E-state index contributed by atoms with van der Waals surface area (Å²) in [5, 5.41) is 11.7. The summed E-state index contributed by atoms with van der Waals surface area (Å²) < 4.78 is 11.4. The number of methoxy groups -OCH3 is 1. The monoisotopic (exact) mass is 416 g/mol. The fourth-order valence-corrected chi connectivity index (χ4v) is 3.19. The van der Waals surface area contributed by atoms with Crippen molar-refractivity contribution in [2.45, 2.75) is 13.2 Å². The van der Waals surface area contributed by atoms with Crippen LogP contribution >= 0.6 is 0 Å². The van der Waals surface area contributed by atoms with Crippen LogP contribution in [-0.4, -0.2) is 26.6 Å². The maximum Gasteiger partial charge on any atom is 0.279 e. The average Bonchev–Trinajstić information content (AvgIpc) is 2.79. The number of likely N-dealkylation sites (N-methyl/N-ethyl adjacent to an activating group) is 1. The number of nitriles is 1. The summed E-state index contributed by atoms with van der Waals surface area (Å²) in [7, 11) is 3.58. The van der Waals surface area contributed by atoms with Crippen LogP contribution in [-0.2, 0) is 17.9 Å². The quantitative estimate of drug-likeness (QED) is 0.563. The minimum absolute atomic E-state index is 0.0861. The van der Waals surface area contributed by atoms with Gasteiger partial charge in [0.25, 0.3) is 5.91 Å². The van der Waals surface area contributed by atoms with Gasteiger partial charge in [0.15, 0.2) is 18.0 Å². The van der Waals surface area contributed by atoms with Gasteiger partial charge < -0.3 is 19.7 Å². The highest BCUT2D eigenvalue weighted by Crippen LogP contribution is 2.28. The predicted octanol–water partition coefficient (Wildman–Crippen LogP) is 2.80. The van der Waals surface area contributed by atoms with Gasteiger partial charge in [-0.05, 0) is 48.0 Å². The van der Waals surface area contributed by atoms with Crippen LogP contribution in [0.1, 0.15) is 16.7 Å². The number of quaternary nitrogens is 1. The van der Waals surface area contributed by atoms with Crippen molar-refractivity contribution in [1.82, 2.24) is 0 Å². The van der Waals surface area contributed by atoms with Gasteiger partial charge in [-0.15, -0.1) is 0 Å². The summed E-state index contributed by atoms with van der Waals surface area (Å²) in [6.45, 7) is 1.45. The molecule has 0 heterocycles. The number of hydrogen-bond acceptors (Lipinski definition) is 4. The lowest BCUT2D eigenvalue weighted by Crippen LogP contribution is -3.08. The number of ether oxygens (including phenoxy) is 2. The first kappa shape index (κ1) is 21.9. The molecule has 31 heavy (non-hydrogen) atoms. The molecule has 158 valence electrons. The van der Waals surface area contributed by atoms with Crippen LogP contribution in [0.15, 0.2) is 72.8 Å². The molecule has 0 saturated heterocycles. The molecule has 6 heteroatoms. The van der Waals surface area contributed by atoms with Crippen LogP contribution in [0.25, 0.3) is 0 Å². The fraction of sp³-hybridized carbons (Fsp3) is 0.200. The third-order valence-electron chi connectivity index (χ3n) is 4.73. The van der Waals surface area contributed by atoms with Crippen molar-refractivity contribution in [3.63, 3.8) is 0 Å². The topological polar surface area (TPSA) is 75.8 Å². The van der Waals surface area contributed by atoms with Crippen LogP contribution < -0.4 is 19.7 Å². The van der Waals surface area contributed by atoms with Gasteiger partial charge in [0.05, 0.1) is 25.8 Å². The van der Waals surface area contributed by atoms with E-state index in [1.807, 2.05) is 55.6 Å². The van der Waals surface area contributed by atoms with Crippen molar-refractivity contribution in [2.24, 2.45) is 0 Å². The second kappa shape index (κ2) is 10.8. The van der Waals surface area contributed by atoms with Crippen LogP contribution in [0.5, 0.6) is 11.5 Å². The lowest BCUT2D eigenvalue weighted by Gasteiger charge is -2.16. The third kappa shape index (κ3) is 6.59. The van der Waals surface area contributed by atoms with E-state index >= 15 is 0 Å². The van der Waals surface area contributed by atoms with Crippen molar-refractivity contribution in [2.75, 3.05) is 26.0 Å². The molecule has 2 N–H and O–H groups in total. The maximum atomic E-state index is 12.3. The Balaban J connectivity index is 1.54. The van der Waals surface area contributed by atoms with Crippen molar-refractivity contribution >= 4 is 11.6 Å². The average molecular weight is 417 g/mol. The molecule has 3 aromatic rings. The van der Waals surface area contributed by atoms with E-state index in [0.29, 0.717) is 42.4 Å². The molecular weight excluding hydrogens is 390 g/mol. The largest absolute Gasteiger partial charge is 0.493 e. The maximum absolute atomic E-state index is 12.3. The molecule has 3 rings (SSSR count). The van der Waals surface area contributed by atoms with Crippen molar-refractivity contribution in [3.05, 3.63) is 89.5 Å². The van der Waals surface area contributed by atoms with Crippen molar-refractivity contribution < 1.29 is 19.2 Å². The molecule has 6 nitrogen and oxygen atoms in total. The number of anilines is 1. The van der Waals surface area contributed by atoms with Gasteiger partial charge in [0.1, 0.15) is 13.2 Å². The van der Waals surface area contributed by atoms with Crippen LogP contribution in [0.4, 0.5) is 5.69 Å². The van der Waals surface area contributed by atoms with E-state index < -0.39 is 0 Å². The first-order valence-corrected chi connectivity index (χ1v) is 10.0. The molecule has 0 fully saturated rings. The molecule has 0 aliphatic heterocycles. The Bertz CT molecular complexity index is 1040. The molecule has 0 radical (unpaired) electrons. The number of nitrogens with zero attached hydrogens (tertiary/aromatic N) is 1. The zero-order valence-corrected chi connectivity index (χ0v) is 17.7. The molecule has 1 amide bonds. The normalized spacial score (nSPS) is 11.3. The molecule has 0 bridgehead atoms. The molecule has 0 spiro atoms. The Labute approximate surface area is 182 Å². The van der Waals surface area contributed by atoms with Crippen molar-refractivity contribution in [1.29, 1.82) is 5.26 Å². The van der Waals surface area contributed by atoms with E-state index in [9.17, 15) is 4.79 Å². The Kier molecular flexibility index (Phi) is 7.63. The highest BCUT2D eigenvalue weighted by atomic mass is 16.5. The number of nitrogens with one attached hydrogen (secondary N) is 2. The molecule has 3 aromatic carbocycles. The number of benzene rings is 3. The minimum atomic E-state index is -0.0861. The van der Waals surface area contributed by atoms with Gasteiger partial charge in [-0.2, -0.15) is 5.26 Å². The van der Waals surface area contributed by atoms with E-state index in [4.69, 9.17) is 14.7 Å². The fourth-order valence-electron chi connectivity index (χ4n) is 3.19. The van der Waals surface area contributed by atoms with Gasteiger partial charge in [0, 0.05) is 11.3 Å². The Morgan fingerprint density at radius 3 is 2.42 bits per heavy atom. The second-order valence-electron chi connectivity index (χ2n) is 7.31. The predicted molar refractivity (Wildman–Crippen MR) is 119 cm³/mol. The van der Waals surface area contributed by atoms with E-state index in [-0.39, 0.29) is 5.91 Å². The van der Waals surface area contributed by atoms with E-state index in [2.05, 4.69) is 11.4 Å². The van der Waals surface area contributed by atoms with Gasteiger partial charge in [0.2, 0.25) is 0 Å². The first-order valence-electron chi connectivity index (χ1n) is 10.0. The third-order valence-corrected chi connectivity index (χ3v) is 4.73. The Morgan fingerprint density at radius 1 is 1.00 bits per heavy atom. The molecule has 0 aromatic heterocycles. The summed E-state index contributed by atoms with van der Waals surface area (Å²) in [4.78, 5) is 13.4. The molecular formula is C25H26N3O3+. The summed E-state index contributed by atoms with van der Waals surface area (Å²) in [5.74, 6) is 1.27. The zero-order valence-electron chi connectivity index (χ0n) is 17.7. The second-order valence-corrected chi connectivity index (χ2v) is 7.31. The standard InChI is InChI=1S/C25H25N3O3/c1-28(17-25(29)27-22-11-8-19(15-26)9-12-22)16-21-10-13-23(24(14-21)30-2)31-18-20-6-4-3-5-7-20/h3-14H,16-18H2,1-2H3,(H,27,29)/p+1. The summed E-state index contributed by atoms with van der Waals surface area (Å²) in [6, 6.07) is 24.7. The van der Waals surface area contributed by atoms with Crippen LogP contribution in [0.2, 0.25) is 0 Å². The number of carbonyl (C=O) groups is 1. The summed E-state index contributed by atoms with van der Waals surface area (Å²) in [5.41, 5.74) is 3.38. The highest BCUT2D eigenvalue weighted by molar-refractivity contribution is 5.91. The van der Waals surface area contributed by atoms with E-state index in [1.54, 1.807) is 31.4 Å². The first-order chi connectivity index (χ1) is 15.1. The number of rotatable bonds is 9. The van der Waals surface area contributed by atoms with Crippen LogP contribution in [0.3, 0.4) is 0 Å². The molecule has 0 saturated carbocycles. The van der Waals surface area contributed by atoms with E-state index in [0.717, 1.165) is 16.0 Å². The SMILES string of the molecule is COc1cc(C[NH+](C)CC(=O)Nc2ccc(C#N)cc2)ccc1OCc1ccccc1. The number of amides is 1. The van der Waals surface area contributed by atoms with Crippen LogP contribution in [0, 0.1) is 11.3 Å². The summed E-state index contributed by atoms with van der Waals surface area (Å²) in [6.07, 6.45) is 0. The van der Waals surface area contributed by atoms with Gasteiger partial charge in [-0.1, -0.05) is 30.3 Å². The van der Waals surface area contributed by atoms with Gasteiger partial charge in [-0.3, -0.25) is 4.79 Å². The molecule has 1 unspecified atom stereocenters. The molecule has 0 aliphatic rings. The highest BCUT2D eigenvalue weighted by Gasteiger charge is 2.13. The minimum Gasteiger partial charge on any atom is -0.493 e. The van der Waals surface area contributed by atoms with Gasteiger partial charge in [-0.25, -0.2) is 0 Å². The lowest BCUT2D eigenvalue weighted by atomic mass is 10.2. The smallest absolute Gasteiger partial charge is 0.279 e.